The molecule has 0 saturated carbocycles. The minimum Gasteiger partial charge on any atom is -0.349 e. The fourth-order valence-electron chi connectivity index (χ4n) is 2.14. The van der Waals surface area contributed by atoms with Gasteiger partial charge < -0.3 is 4.98 Å². The van der Waals surface area contributed by atoms with Gasteiger partial charge in [0.25, 0.3) is 0 Å². The van der Waals surface area contributed by atoms with Crippen molar-refractivity contribution >= 4 is 15.9 Å². The first-order chi connectivity index (χ1) is 10.5. The number of H-pyrrole nitrogens is 1. The molecule has 1 N–H and O–H groups in total. The van der Waals surface area contributed by atoms with Crippen molar-refractivity contribution in [2.45, 2.75) is 19.3 Å². The maximum absolute atomic E-state index is 13.3. The number of nitriles is 1. The minimum atomic E-state index is -5.12. The van der Waals surface area contributed by atoms with Crippen LogP contribution in [0.3, 0.4) is 0 Å². The van der Waals surface area contributed by atoms with Crippen LogP contribution in [0, 0.1) is 18.3 Å². The molecule has 2 rings (SSSR count). The number of aryl methyl sites for hydroxylation is 1. The van der Waals surface area contributed by atoms with Crippen molar-refractivity contribution in [1.82, 2.24) is 4.98 Å². The van der Waals surface area contributed by atoms with Gasteiger partial charge in [-0.2, -0.15) is 31.6 Å². The molecule has 2 aromatic rings. The number of benzene rings is 1. The van der Waals surface area contributed by atoms with Crippen molar-refractivity contribution in [3.63, 3.8) is 0 Å². The number of hydrogen-bond acceptors (Lipinski definition) is 1. The Labute approximate surface area is 134 Å². The second-order valence-electron chi connectivity index (χ2n) is 4.72. The number of aromatic amines is 1. The topological polar surface area (TPSA) is 39.6 Å². The predicted molar refractivity (Wildman–Crippen MR) is 73.4 cm³/mol. The highest BCUT2D eigenvalue weighted by molar-refractivity contribution is 9.10. The largest absolute Gasteiger partial charge is 0.432 e. The average molecular weight is 397 g/mol. The van der Waals surface area contributed by atoms with E-state index in [1.54, 1.807) is 18.0 Å². The lowest BCUT2D eigenvalue weighted by Crippen LogP contribution is -2.11. The van der Waals surface area contributed by atoms with Gasteiger partial charge in [-0.3, -0.25) is 0 Å². The Morgan fingerprint density at radius 3 is 2.17 bits per heavy atom. The van der Waals surface area contributed by atoms with Crippen molar-refractivity contribution in [2.75, 3.05) is 0 Å². The maximum atomic E-state index is 13.3. The highest BCUT2D eigenvalue weighted by Crippen LogP contribution is 2.45. The lowest BCUT2D eigenvalue weighted by Gasteiger charge is -2.10. The second kappa shape index (κ2) is 5.60. The smallest absolute Gasteiger partial charge is 0.349 e. The van der Waals surface area contributed by atoms with Crippen molar-refractivity contribution in [1.29, 1.82) is 5.26 Å². The first-order valence-corrected chi connectivity index (χ1v) is 6.83. The van der Waals surface area contributed by atoms with Gasteiger partial charge in [0.2, 0.25) is 0 Å². The molecule has 0 atom stereocenters. The molecular formula is C14H7BrF6N2. The van der Waals surface area contributed by atoms with E-state index in [0.717, 1.165) is 6.07 Å². The second-order valence-corrected chi connectivity index (χ2v) is 5.57. The van der Waals surface area contributed by atoms with Crippen LogP contribution >= 0.6 is 15.9 Å². The van der Waals surface area contributed by atoms with Crippen LogP contribution in [-0.2, 0) is 12.4 Å². The third-order valence-electron chi connectivity index (χ3n) is 3.07. The predicted octanol–water partition coefficient (Wildman–Crippen LogP) is 5.66. The summed E-state index contributed by atoms with van der Waals surface area (Å²) >= 11 is 3.02. The maximum Gasteiger partial charge on any atom is 0.432 e. The van der Waals surface area contributed by atoms with Crippen LogP contribution in [0.15, 0.2) is 22.7 Å². The first-order valence-electron chi connectivity index (χ1n) is 6.03. The molecule has 0 aliphatic heterocycles. The fourth-order valence-corrected chi connectivity index (χ4v) is 2.59. The normalized spacial score (nSPS) is 12.3. The third kappa shape index (κ3) is 3.22. The number of halogens is 7. The lowest BCUT2D eigenvalue weighted by molar-refractivity contribution is -0.142. The average Bonchev–Trinajstić information content (AvgIpc) is 2.80. The van der Waals surface area contributed by atoms with Gasteiger partial charge in [0.15, 0.2) is 0 Å². The van der Waals surface area contributed by atoms with E-state index in [0.29, 0.717) is 5.56 Å². The summed E-state index contributed by atoms with van der Waals surface area (Å²) in [7, 11) is 0. The quantitative estimate of drug-likeness (QED) is 0.620. The zero-order chi connectivity index (χ0) is 17.6. The number of nitrogens with one attached hydrogen (secondary N) is 1. The van der Waals surface area contributed by atoms with Crippen molar-refractivity contribution < 1.29 is 26.3 Å². The van der Waals surface area contributed by atoms with Gasteiger partial charge in [0.05, 0.1) is 16.8 Å². The summed E-state index contributed by atoms with van der Waals surface area (Å²) in [4.78, 5) is 1.73. The molecule has 122 valence electrons. The summed E-state index contributed by atoms with van der Waals surface area (Å²) < 4.78 is 78.8. The number of hydrogen-bond donors (Lipinski definition) is 1. The fraction of sp³-hybridized carbons (Fsp3) is 0.214. The van der Waals surface area contributed by atoms with E-state index < -0.39 is 34.9 Å². The molecule has 0 amide bonds. The van der Waals surface area contributed by atoms with Crippen LogP contribution in [0.4, 0.5) is 26.3 Å². The Hall–Kier alpha value is -1.95. The van der Waals surface area contributed by atoms with Crippen LogP contribution in [0.2, 0.25) is 0 Å². The number of aromatic nitrogens is 1. The van der Waals surface area contributed by atoms with Crippen molar-refractivity contribution in [3.05, 3.63) is 45.1 Å². The summed E-state index contributed by atoms with van der Waals surface area (Å²) in [5.41, 5.74) is -5.15. The highest BCUT2D eigenvalue weighted by atomic mass is 79.9. The SMILES string of the molecule is Cc1ccc(Br)c(-c2[nH]c(C(F)(F)F)c(C#N)c2C(F)(F)F)c1. The lowest BCUT2D eigenvalue weighted by atomic mass is 10.0. The van der Waals surface area contributed by atoms with Gasteiger partial charge in [-0.05, 0) is 19.1 Å². The van der Waals surface area contributed by atoms with E-state index in [1.165, 1.54) is 12.1 Å². The van der Waals surface area contributed by atoms with E-state index >= 15 is 0 Å². The Balaban J connectivity index is 2.91. The molecule has 2 nitrogen and oxygen atoms in total. The standard InChI is InChI=1S/C14H7BrF6N2/c1-6-2-3-9(15)7(4-6)11-10(13(16,17)18)8(5-22)12(23-11)14(19,20)21/h2-4,23H,1H3. The van der Waals surface area contributed by atoms with Gasteiger partial charge in [-0.15, -0.1) is 0 Å². The van der Waals surface area contributed by atoms with Crippen LogP contribution in [0.25, 0.3) is 11.3 Å². The Morgan fingerprint density at radius 2 is 1.70 bits per heavy atom. The van der Waals surface area contributed by atoms with Gasteiger partial charge in [-0.25, -0.2) is 0 Å². The van der Waals surface area contributed by atoms with E-state index in [-0.39, 0.29) is 10.0 Å². The highest BCUT2D eigenvalue weighted by Gasteiger charge is 2.46. The molecule has 0 aliphatic carbocycles. The summed E-state index contributed by atoms with van der Waals surface area (Å²) in [6.07, 6.45) is -10.2. The summed E-state index contributed by atoms with van der Waals surface area (Å²) in [5, 5.41) is 8.83. The summed E-state index contributed by atoms with van der Waals surface area (Å²) in [6.45, 7) is 1.59. The van der Waals surface area contributed by atoms with Crippen molar-refractivity contribution in [3.8, 4) is 17.3 Å². The van der Waals surface area contributed by atoms with Crippen LogP contribution in [-0.4, -0.2) is 4.98 Å². The molecular weight excluding hydrogens is 390 g/mol. The van der Waals surface area contributed by atoms with Crippen LogP contribution in [0.5, 0.6) is 0 Å². The van der Waals surface area contributed by atoms with Crippen LogP contribution in [0.1, 0.15) is 22.4 Å². The molecule has 23 heavy (non-hydrogen) atoms. The molecule has 0 bridgehead atoms. The summed E-state index contributed by atoms with van der Waals surface area (Å²) in [6, 6.07) is 5.32. The van der Waals surface area contributed by atoms with E-state index in [1.807, 2.05) is 0 Å². The molecule has 0 radical (unpaired) electrons. The van der Waals surface area contributed by atoms with Gasteiger partial charge in [0.1, 0.15) is 11.8 Å². The van der Waals surface area contributed by atoms with E-state index in [4.69, 9.17) is 5.26 Å². The van der Waals surface area contributed by atoms with E-state index in [2.05, 4.69) is 15.9 Å². The molecule has 9 heteroatoms. The molecule has 1 aromatic heterocycles. The third-order valence-corrected chi connectivity index (χ3v) is 3.76. The Kier molecular flexibility index (Phi) is 4.24. The molecule has 1 heterocycles. The number of nitrogens with zero attached hydrogens (tertiary/aromatic N) is 1. The molecule has 0 saturated heterocycles. The first kappa shape index (κ1) is 17.4. The monoisotopic (exact) mass is 396 g/mol. The molecule has 0 aliphatic rings. The Morgan fingerprint density at radius 1 is 1.09 bits per heavy atom. The van der Waals surface area contributed by atoms with Crippen LogP contribution < -0.4 is 0 Å². The molecule has 1 aromatic carbocycles. The zero-order valence-electron chi connectivity index (χ0n) is 11.3. The minimum absolute atomic E-state index is 0.107. The van der Waals surface area contributed by atoms with Crippen molar-refractivity contribution in [2.24, 2.45) is 0 Å². The summed E-state index contributed by atoms with van der Waals surface area (Å²) in [5.74, 6) is 0. The number of alkyl halides is 6. The molecule has 0 spiro atoms. The van der Waals surface area contributed by atoms with Gasteiger partial charge in [-0.1, -0.05) is 27.6 Å². The molecule has 0 fully saturated rings. The van der Waals surface area contributed by atoms with Gasteiger partial charge in [0, 0.05) is 10.0 Å². The van der Waals surface area contributed by atoms with E-state index in [9.17, 15) is 26.3 Å². The van der Waals surface area contributed by atoms with Gasteiger partial charge >= 0.3 is 12.4 Å². The zero-order valence-corrected chi connectivity index (χ0v) is 12.9. The Bertz CT molecular complexity index is 795. The molecule has 0 unspecified atom stereocenters. The number of rotatable bonds is 1.